The van der Waals surface area contributed by atoms with E-state index in [0.29, 0.717) is 38.1 Å². The highest BCUT2D eigenvalue weighted by molar-refractivity contribution is 7.21. The van der Waals surface area contributed by atoms with Gasteiger partial charge in [-0.3, -0.25) is 10.3 Å². The van der Waals surface area contributed by atoms with Crippen molar-refractivity contribution in [1.29, 1.82) is 0 Å². The third-order valence-corrected chi connectivity index (χ3v) is 6.95. The largest absolute Gasteiger partial charge is 0.492 e. The van der Waals surface area contributed by atoms with Crippen molar-refractivity contribution in [1.82, 2.24) is 19.9 Å². The Hall–Kier alpha value is -4.33. The van der Waals surface area contributed by atoms with Crippen molar-refractivity contribution in [3.8, 4) is 28.1 Å². The monoisotopic (exact) mass is 613 g/mol. The van der Waals surface area contributed by atoms with Crippen LogP contribution in [0.2, 0.25) is 5.02 Å². The van der Waals surface area contributed by atoms with Gasteiger partial charge in [0.25, 0.3) is 0 Å². The minimum Gasteiger partial charge on any atom is -0.492 e. The summed E-state index contributed by atoms with van der Waals surface area (Å²) >= 11 is 7.75. The fraction of sp³-hybridized carbons (Fsp3) is 0.250. The van der Waals surface area contributed by atoms with E-state index in [1.54, 1.807) is 31.3 Å². The molecule has 0 aliphatic heterocycles. The molecule has 2 aromatic carbocycles. The SMILES string of the molecule is CCOc1cnc2c(-c3nc4cc(F)c(OC(C)COC(=O)Nc5cnc(OCCO)nc5)cc4s3)cc(Cl)cc2c1. The minimum absolute atomic E-state index is 0.00323. The zero-order chi connectivity index (χ0) is 29.6. The smallest absolute Gasteiger partial charge is 0.411 e. The second-order valence-electron chi connectivity index (χ2n) is 8.88. The number of hydrogen-bond donors (Lipinski definition) is 2. The van der Waals surface area contributed by atoms with E-state index >= 15 is 0 Å². The molecule has 11 nitrogen and oxygen atoms in total. The number of thiazole rings is 1. The van der Waals surface area contributed by atoms with Gasteiger partial charge < -0.3 is 24.1 Å². The molecule has 3 aromatic heterocycles. The molecule has 1 atom stereocenters. The molecule has 3 heterocycles. The summed E-state index contributed by atoms with van der Waals surface area (Å²) in [5.74, 6) is 0.0262. The number of anilines is 1. The Morgan fingerprint density at radius 3 is 2.69 bits per heavy atom. The molecule has 5 rings (SSSR count). The van der Waals surface area contributed by atoms with E-state index in [2.05, 4.69) is 25.3 Å². The number of halogens is 2. The standard InChI is InChI=1S/C28H25ClFN5O6S/c1-3-38-19-7-16-6-17(29)8-20(25(16)31-13-19)26-35-22-9-21(30)23(10-24(22)42-26)41-15(2)14-40-28(37)34-18-11-32-27(33-12-18)39-5-4-36/h6-13,15,36H,3-5,14H2,1-2H3,(H,34,37). The Morgan fingerprint density at radius 1 is 1.12 bits per heavy atom. The lowest BCUT2D eigenvalue weighted by molar-refractivity contribution is 0.0969. The van der Waals surface area contributed by atoms with E-state index in [4.69, 9.17) is 35.7 Å². The quantitative estimate of drug-likeness (QED) is 0.186. The lowest BCUT2D eigenvalue weighted by Gasteiger charge is -2.15. The molecule has 5 aromatic rings. The lowest BCUT2D eigenvalue weighted by Crippen LogP contribution is -2.24. The summed E-state index contributed by atoms with van der Waals surface area (Å²) in [6, 6.07) is 8.37. The van der Waals surface area contributed by atoms with Crippen LogP contribution in [0, 0.1) is 5.82 Å². The first-order valence-electron chi connectivity index (χ1n) is 12.8. The molecule has 0 aliphatic carbocycles. The van der Waals surface area contributed by atoms with Gasteiger partial charge in [-0.15, -0.1) is 11.3 Å². The third-order valence-electron chi connectivity index (χ3n) is 5.68. The average Bonchev–Trinajstić information content (AvgIpc) is 3.38. The van der Waals surface area contributed by atoms with Crippen LogP contribution >= 0.6 is 22.9 Å². The topological polar surface area (TPSA) is 138 Å². The van der Waals surface area contributed by atoms with Gasteiger partial charge in [-0.1, -0.05) is 11.6 Å². The highest BCUT2D eigenvalue weighted by Crippen LogP contribution is 2.38. The van der Waals surface area contributed by atoms with Crippen LogP contribution in [-0.2, 0) is 4.74 Å². The van der Waals surface area contributed by atoms with Gasteiger partial charge in [-0.25, -0.2) is 24.1 Å². The van der Waals surface area contributed by atoms with Crippen LogP contribution in [0.25, 0.3) is 31.7 Å². The summed E-state index contributed by atoms with van der Waals surface area (Å²) in [5, 5.41) is 13.2. The highest BCUT2D eigenvalue weighted by Gasteiger charge is 2.18. The number of amides is 1. The van der Waals surface area contributed by atoms with Gasteiger partial charge in [0.1, 0.15) is 30.1 Å². The minimum atomic E-state index is -0.767. The molecule has 0 saturated carbocycles. The molecular weight excluding hydrogens is 589 g/mol. The van der Waals surface area contributed by atoms with Crippen LogP contribution in [0.5, 0.6) is 17.5 Å². The summed E-state index contributed by atoms with van der Waals surface area (Å²) in [5.41, 5.74) is 2.15. The number of ether oxygens (including phenoxy) is 4. The maximum absolute atomic E-state index is 15.0. The van der Waals surface area contributed by atoms with Crippen molar-refractivity contribution in [3.05, 3.63) is 59.8 Å². The van der Waals surface area contributed by atoms with E-state index in [1.807, 2.05) is 13.0 Å². The predicted molar refractivity (Wildman–Crippen MR) is 156 cm³/mol. The molecular formula is C28H25ClFN5O6S. The van der Waals surface area contributed by atoms with E-state index < -0.39 is 18.0 Å². The lowest BCUT2D eigenvalue weighted by atomic mass is 10.1. The second kappa shape index (κ2) is 13.1. The Balaban J connectivity index is 1.25. The molecule has 0 aliphatic rings. The number of nitrogens with one attached hydrogen (secondary N) is 1. The van der Waals surface area contributed by atoms with Crippen LogP contribution in [-0.4, -0.2) is 63.7 Å². The molecule has 218 valence electrons. The predicted octanol–water partition coefficient (Wildman–Crippen LogP) is 5.88. The number of aliphatic hydroxyl groups is 1. The van der Waals surface area contributed by atoms with Crippen LogP contribution in [0.15, 0.2) is 48.9 Å². The van der Waals surface area contributed by atoms with Crippen molar-refractivity contribution in [2.24, 2.45) is 0 Å². The maximum atomic E-state index is 15.0. The van der Waals surface area contributed by atoms with Crippen LogP contribution in [0.4, 0.5) is 14.9 Å². The van der Waals surface area contributed by atoms with E-state index in [1.165, 1.54) is 29.8 Å². The molecule has 42 heavy (non-hydrogen) atoms. The molecule has 2 N–H and O–H groups in total. The van der Waals surface area contributed by atoms with Gasteiger partial charge >= 0.3 is 12.1 Å². The summed E-state index contributed by atoms with van der Waals surface area (Å²) in [6.45, 7) is 3.78. The Kier molecular flexibility index (Phi) is 9.10. The molecule has 1 unspecified atom stereocenters. The van der Waals surface area contributed by atoms with Gasteiger partial charge in [0.2, 0.25) is 0 Å². The molecule has 0 bridgehead atoms. The highest BCUT2D eigenvalue weighted by atomic mass is 35.5. The number of nitrogens with zero attached hydrogens (tertiary/aromatic N) is 4. The second-order valence-corrected chi connectivity index (χ2v) is 10.3. The number of benzene rings is 2. The molecule has 0 spiro atoms. The number of hydrogen-bond acceptors (Lipinski definition) is 11. The number of aromatic nitrogens is 4. The summed E-state index contributed by atoms with van der Waals surface area (Å²) < 4.78 is 37.2. The van der Waals surface area contributed by atoms with Crippen molar-refractivity contribution >= 4 is 55.8 Å². The molecule has 1 amide bonds. The fourth-order valence-electron chi connectivity index (χ4n) is 3.93. The number of carbonyl (C=O) groups is 1. The Labute approximate surface area is 248 Å². The number of rotatable bonds is 11. The molecule has 0 radical (unpaired) electrons. The van der Waals surface area contributed by atoms with Crippen molar-refractivity contribution in [2.75, 3.05) is 31.7 Å². The van der Waals surface area contributed by atoms with Gasteiger partial charge in [-0.2, -0.15) is 0 Å². The normalized spacial score (nSPS) is 11.8. The van der Waals surface area contributed by atoms with Gasteiger partial charge in [0.15, 0.2) is 11.6 Å². The number of carbonyl (C=O) groups excluding carboxylic acids is 1. The molecule has 0 saturated heterocycles. The molecule has 14 heteroatoms. The fourth-order valence-corrected chi connectivity index (χ4v) is 5.15. The first-order chi connectivity index (χ1) is 20.3. The van der Waals surface area contributed by atoms with E-state index in [0.717, 1.165) is 10.9 Å². The summed E-state index contributed by atoms with van der Waals surface area (Å²) in [4.78, 5) is 29.1. The zero-order valence-electron chi connectivity index (χ0n) is 22.5. The van der Waals surface area contributed by atoms with Gasteiger partial charge in [0, 0.05) is 28.1 Å². The molecule has 0 fully saturated rings. The number of aliphatic hydroxyl groups excluding tert-OH is 1. The average molecular weight is 614 g/mol. The van der Waals surface area contributed by atoms with Crippen LogP contribution in [0.3, 0.4) is 0 Å². The van der Waals surface area contributed by atoms with E-state index in [-0.39, 0.29) is 37.3 Å². The van der Waals surface area contributed by atoms with Gasteiger partial charge in [0.05, 0.1) is 53.2 Å². The Bertz CT molecular complexity index is 1720. The van der Waals surface area contributed by atoms with Crippen molar-refractivity contribution < 1.29 is 33.2 Å². The van der Waals surface area contributed by atoms with Crippen LogP contribution < -0.4 is 19.5 Å². The zero-order valence-corrected chi connectivity index (χ0v) is 24.0. The Morgan fingerprint density at radius 2 is 1.93 bits per heavy atom. The number of pyridine rings is 1. The van der Waals surface area contributed by atoms with E-state index in [9.17, 15) is 9.18 Å². The summed E-state index contributed by atoms with van der Waals surface area (Å²) in [7, 11) is 0. The third kappa shape index (κ3) is 6.93. The van der Waals surface area contributed by atoms with Crippen molar-refractivity contribution in [2.45, 2.75) is 20.0 Å². The van der Waals surface area contributed by atoms with Crippen LogP contribution in [0.1, 0.15) is 13.8 Å². The summed E-state index contributed by atoms with van der Waals surface area (Å²) in [6.07, 6.45) is 2.87. The van der Waals surface area contributed by atoms with Crippen molar-refractivity contribution in [3.63, 3.8) is 0 Å². The van der Waals surface area contributed by atoms with Gasteiger partial charge in [-0.05, 0) is 32.0 Å². The first-order valence-corrected chi connectivity index (χ1v) is 14.0. The maximum Gasteiger partial charge on any atom is 0.411 e. The first kappa shape index (κ1) is 29.2. The number of fused-ring (bicyclic) bond motifs is 2.